The van der Waals surface area contributed by atoms with Crippen LogP contribution in [0.4, 0.5) is 0 Å². The molecular formula is C15H15ClO3S. The number of benzene rings is 2. The largest absolute Gasteiger partial charge is 0.489 e. The summed E-state index contributed by atoms with van der Waals surface area (Å²) in [6.45, 7) is 2.03. The molecule has 0 heterocycles. The topological polar surface area (TPSA) is 43.4 Å². The van der Waals surface area contributed by atoms with Gasteiger partial charge in [-0.3, -0.25) is 0 Å². The molecule has 5 heteroatoms. The summed E-state index contributed by atoms with van der Waals surface area (Å²) in [5.41, 5.74) is 1.72. The minimum Gasteiger partial charge on any atom is -0.489 e. The van der Waals surface area contributed by atoms with Crippen molar-refractivity contribution in [3.63, 3.8) is 0 Å². The molecule has 1 atom stereocenters. The van der Waals surface area contributed by atoms with E-state index in [9.17, 15) is 8.42 Å². The highest BCUT2D eigenvalue weighted by atomic mass is 35.7. The molecule has 0 fully saturated rings. The van der Waals surface area contributed by atoms with Gasteiger partial charge in [0.2, 0.25) is 9.05 Å². The number of hydrogen-bond donors (Lipinski definition) is 0. The van der Waals surface area contributed by atoms with Crippen LogP contribution in [-0.2, 0) is 15.7 Å². The molecule has 0 N–H and O–H groups in total. The summed E-state index contributed by atoms with van der Waals surface area (Å²) in [6.07, 6.45) is 0. The van der Waals surface area contributed by atoms with Gasteiger partial charge >= 0.3 is 0 Å². The van der Waals surface area contributed by atoms with Crippen molar-refractivity contribution in [2.45, 2.75) is 18.8 Å². The molecule has 0 amide bonds. The Kier molecular flexibility index (Phi) is 4.68. The molecule has 0 saturated heterocycles. The fourth-order valence-corrected chi connectivity index (χ4v) is 2.53. The molecule has 3 nitrogen and oxygen atoms in total. The lowest BCUT2D eigenvalue weighted by Gasteiger charge is -2.10. The fraction of sp³-hybridized carbons (Fsp3) is 0.200. The van der Waals surface area contributed by atoms with Crippen LogP contribution in [0.15, 0.2) is 54.6 Å². The molecule has 0 aliphatic carbocycles. The Morgan fingerprint density at radius 2 is 1.65 bits per heavy atom. The third kappa shape index (κ3) is 3.99. The molecule has 20 heavy (non-hydrogen) atoms. The maximum absolute atomic E-state index is 11.3. The summed E-state index contributed by atoms with van der Waals surface area (Å²) < 4.78 is 28.2. The van der Waals surface area contributed by atoms with Crippen molar-refractivity contribution in [3.8, 4) is 5.75 Å². The van der Waals surface area contributed by atoms with Gasteiger partial charge in [-0.05, 0) is 30.2 Å². The van der Waals surface area contributed by atoms with Crippen molar-refractivity contribution >= 4 is 19.7 Å². The second kappa shape index (κ2) is 6.29. The molecule has 0 saturated carbocycles. The van der Waals surface area contributed by atoms with E-state index in [0.29, 0.717) is 17.9 Å². The number of hydrogen-bond acceptors (Lipinski definition) is 3. The standard InChI is InChI=1S/C15H15ClO3S/c1-12(20(16,17)18)14-7-9-15(10-8-14)19-11-13-5-3-2-4-6-13/h2-10,12H,11H2,1H3. The Morgan fingerprint density at radius 3 is 2.20 bits per heavy atom. The minimum atomic E-state index is -3.59. The van der Waals surface area contributed by atoms with Crippen LogP contribution in [0.1, 0.15) is 23.3 Å². The van der Waals surface area contributed by atoms with Crippen LogP contribution in [0.2, 0.25) is 0 Å². The quantitative estimate of drug-likeness (QED) is 0.787. The van der Waals surface area contributed by atoms with Gasteiger partial charge < -0.3 is 4.74 Å². The first-order valence-corrected chi connectivity index (χ1v) is 8.54. The number of halogens is 1. The summed E-state index contributed by atoms with van der Waals surface area (Å²) in [4.78, 5) is 0. The molecule has 1 unspecified atom stereocenters. The summed E-state index contributed by atoms with van der Waals surface area (Å²) in [6, 6.07) is 16.7. The molecule has 2 rings (SSSR count). The lowest BCUT2D eigenvalue weighted by molar-refractivity contribution is 0.306. The highest BCUT2D eigenvalue weighted by Gasteiger charge is 2.19. The van der Waals surface area contributed by atoms with E-state index < -0.39 is 14.3 Å². The maximum atomic E-state index is 11.3. The van der Waals surface area contributed by atoms with Crippen LogP contribution in [0.3, 0.4) is 0 Å². The van der Waals surface area contributed by atoms with E-state index in [-0.39, 0.29) is 0 Å². The second-order valence-corrected chi connectivity index (χ2v) is 7.41. The lowest BCUT2D eigenvalue weighted by Crippen LogP contribution is -2.02. The zero-order valence-corrected chi connectivity index (χ0v) is 12.6. The Hall–Kier alpha value is -1.52. The summed E-state index contributed by atoms with van der Waals surface area (Å²) >= 11 is 0. The summed E-state index contributed by atoms with van der Waals surface area (Å²) in [7, 11) is 1.75. The van der Waals surface area contributed by atoms with E-state index in [4.69, 9.17) is 15.4 Å². The highest BCUT2D eigenvalue weighted by Crippen LogP contribution is 2.26. The first-order valence-electron chi connectivity index (χ1n) is 6.17. The molecule has 0 bridgehead atoms. The summed E-state index contributed by atoms with van der Waals surface area (Å²) in [5.74, 6) is 0.691. The average molecular weight is 311 g/mol. The van der Waals surface area contributed by atoms with Gasteiger partial charge in [-0.25, -0.2) is 8.42 Å². The van der Waals surface area contributed by atoms with Gasteiger partial charge in [0, 0.05) is 10.7 Å². The predicted octanol–water partition coefficient (Wildman–Crippen LogP) is 3.90. The van der Waals surface area contributed by atoms with Gasteiger partial charge in [-0.2, -0.15) is 0 Å². The van der Waals surface area contributed by atoms with Gasteiger partial charge in [-0.1, -0.05) is 42.5 Å². The van der Waals surface area contributed by atoms with Gasteiger partial charge in [0.05, 0.1) is 5.25 Å². The second-order valence-electron chi connectivity index (χ2n) is 4.46. The first-order chi connectivity index (χ1) is 9.47. The summed E-state index contributed by atoms with van der Waals surface area (Å²) in [5, 5.41) is -0.729. The first kappa shape index (κ1) is 14.9. The molecule has 0 aromatic heterocycles. The van der Waals surface area contributed by atoms with Crippen molar-refractivity contribution < 1.29 is 13.2 Å². The third-order valence-electron chi connectivity index (χ3n) is 3.02. The van der Waals surface area contributed by atoms with Gasteiger partial charge in [0.1, 0.15) is 12.4 Å². The molecule has 0 radical (unpaired) electrons. The monoisotopic (exact) mass is 310 g/mol. The van der Waals surface area contributed by atoms with Crippen molar-refractivity contribution in [1.29, 1.82) is 0 Å². The van der Waals surface area contributed by atoms with Crippen LogP contribution in [0.25, 0.3) is 0 Å². The molecule has 0 aliphatic heterocycles. The van der Waals surface area contributed by atoms with Gasteiger partial charge in [-0.15, -0.1) is 0 Å². The lowest BCUT2D eigenvalue weighted by atomic mass is 10.1. The van der Waals surface area contributed by atoms with E-state index in [1.165, 1.54) is 0 Å². The van der Waals surface area contributed by atoms with Gasteiger partial charge in [0.15, 0.2) is 0 Å². The molecule has 0 spiro atoms. The van der Waals surface area contributed by atoms with Crippen molar-refractivity contribution in [2.75, 3.05) is 0 Å². The van der Waals surface area contributed by atoms with Crippen LogP contribution < -0.4 is 4.74 Å². The molecular weight excluding hydrogens is 296 g/mol. The average Bonchev–Trinajstić information content (AvgIpc) is 2.45. The van der Waals surface area contributed by atoms with Crippen LogP contribution in [0.5, 0.6) is 5.75 Å². The predicted molar refractivity (Wildman–Crippen MR) is 80.4 cm³/mol. The van der Waals surface area contributed by atoms with Crippen molar-refractivity contribution in [3.05, 3.63) is 65.7 Å². The van der Waals surface area contributed by atoms with E-state index in [1.54, 1.807) is 31.2 Å². The van der Waals surface area contributed by atoms with Crippen LogP contribution in [-0.4, -0.2) is 8.42 Å². The van der Waals surface area contributed by atoms with Crippen molar-refractivity contribution in [1.82, 2.24) is 0 Å². The van der Waals surface area contributed by atoms with E-state index >= 15 is 0 Å². The Labute approximate surface area is 123 Å². The Morgan fingerprint density at radius 1 is 1.05 bits per heavy atom. The Bertz CT molecular complexity index is 651. The van der Waals surface area contributed by atoms with Gasteiger partial charge in [0.25, 0.3) is 0 Å². The Balaban J connectivity index is 2.02. The zero-order valence-electron chi connectivity index (χ0n) is 11.0. The zero-order chi connectivity index (χ0) is 14.6. The molecule has 106 valence electrons. The van der Waals surface area contributed by atoms with E-state index in [1.807, 2.05) is 30.3 Å². The minimum absolute atomic E-state index is 0.476. The SMILES string of the molecule is CC(c1ccc(OCc2ccccc2)cc1)S(=O)(=O)Cl. The van der Waals surface area contributed by atoms with Crippen LogP contribution >= 0.6 is 10.7 Å². The van der Waals surface area contributed by atoms with Crippen LogP contribution in [0, 0.1) is 0 Å². The number of ether oxygens (including phenoxy) is 1. The smallest absolute Gasteiger partial charge is 0.239 e. The van der Waals surface area contributed by atoms with Crippen molar-refractivity contribution in [2.24, 2.45) is 0 Å². The molecule has 0 aliphatic rings. The highest BCUT2D eigenvalue weighted by molar-refractivity contribution is 8.13. The fourth-order valence-electron chi connectivity index (χ4n) is 1.74. The normalized spacial score (nSPS) is 12.9. The maximum Gasteiger partial charge on any atom is 0.239 e. The number of rotatable bonds is 5. The third-order valence-corrected chi connectivity index (χ3v) is 4.94. The van der Waals surface area contributed by atoms with E-state index in [2.05, 4.69) is 0 Å². The molecule has 2 aromatic rings. The molecule has 2 aromatic carbocycles. The van der Waals surface area contributed by atoms with E-state index in [0.717, 1.165) is 5.56 Å².